The van der Waals surface area contributed by atoms with Crippen molar-refractivity contribution in [3.63, 3.8) is 0 Å². The summed E-state index contributed by atoms with van der Waals surface area (Å²) in [5.74, 6) is -1.67. The van der Waals surface area contributed by atoms with Crippen molar-refractivity contribution >= 4 is 45.0 Å². The van der Waals surface area contributed by atoms with Crippen molar-refractivity contribution in [3.8, 4) is 0 Å². The summed E-state index contributed by atoms with van der Waals surface area (Å²) in [4.78, 5) is 35.5. The van der Waals surface area contributed by atoms with Crippen LogP contribution in [0.15, 0.2) is 66.7 Å². The lowest BCUT2D eigenvalue weighted by atomic mass is 9.76. The van der Waals surface area contributed by atoms with Crippen molar-refractivity contribution in [1.29, 1.82) is 0 Å². The van der Waals surface area contributed by atoms with Crippen LogP contribution >= 0.6 is 23.2 Å². The predicted molar refractivity (Wildman–Crippen MR) is 157 cm³/mol. The number of nitrogens with one attached hydrogen (secondary N) is 2. The van der Waals surface area contributed by atoms with Crippen molar-refractivity contribution in [2.24, 2.45) is 0 Å². The minimum atomic E-state index is -3.57. The van der Waals surface area contributed by atoms with E-state index in [4.69, 9.17) is 28.0 Å². The Labute approximate surface area is 250 Å². The first-order valence-electron chi connectivity index (χ1n) is 13.3. The molecular weight excluding hydrogens is 585 g/mol. The summed E-state index contributed by atoms with van der Waals surface area (Å²) in [7, 11) is -3.57. The number of amides is 2. The highest BCUT2D eigenvalue weighted by Crippen LogP contribution is 2.47. The summed E-state index contributed by atoms with van der Waals surface area (Å²) in [6.07, 6.45) is 3.83. The average molecular weight is 616 g/mol. The molecule has 2 aliphatic rings. The number of benzene rings is 3. The molecule has 0 spiro atoms. The second kappa shape index (κ2) is 12.5. The lowest BCUT2D eigenvalue weighted by Gasteiger charge is -2.49. The van der Waals surface area contributed by atoms with Gasteiger partial charge in [-0.05, 0) is 53.8 Å². The highest BCUT2D eigenvalue weighted by atomic mass is 35.5. The van der Waals surface area contributed by atoms with Gasteiger partial charge in [0.2, 0.25) is 10.0 Å². The molecule has 1 heterocycles. The minimum absolute atomic E-state index is 0.132. The van der Waals surface area contributed by atoms with E-state index in [2.05, 4.69) is 16.3 Å². The van der Waals surface area contributed by atoms with Crippen LogP contribution in [-0.4, -0.2) is 43.5 Å². The molecule has 11 heteroatoms. The Morgan fingerprint density at radius 2 is 1.78 bits per heavy atom. The zero-order chi connectivity index (χ0) is 29.1. The Hall–Kier alpha value is -2.95. The van der Waals surface area contributed by atoms with E-state index in [1.165, 1.54) is 0 Å². The van der Waals surface area contributed by atoms with E-state index < -0.39 is 40.0 Å². The first kappa shape index (κ1) is 29.5. The average Bonchev–Trinajstić information content (AvgIpc) is 2.93. The molecule has 41 heavy (non-hydrogen) atoms. The number of carbonyl (C=O) groups is 2. The van der Waals surface area contributed by atoms with Crippen LogP contribution in [0.5, 0.6) is 0 Å². The number of fused-ring (bicyclic) bond motifs is 1. The summed E-state index contributed by atoms with van der Waals surface area (Å²) in [6, 6.07) is 20.1. The molecule has 215 valence electrons. The Morgan fingerprint density at radius 3 is 2.51 bits per heavy atom. The van der Waals surface area contributed by atoms with Gasteiger partial charge in [-0.1, -0.05) is 84.6 Å². The van der Waals surface area contributed by atoms with Crippen LogP contribution in [0.1, 0.15) is 64.7 Å². The van der Waals surface area contributed by atoms with Gasteiger partial charge in [-0.3, -0.25) is 14.4 Å². The monoisotopic (exact) mass is 614 g/mol. The topological polar surface area (TPSA) is 105 Å². The van der Waals surface area contributed by atoms with Crippen LogP contribution < -0.4 is 10.2 Å². The molecular formula is C30H30Cl2N3O5S. The SMILES string of the molecule is CS(=O)(=O)N[C@H]1CCCC[C@@H]1N1C(=O)c2ccccc2[C@@H](C(=O)NOCc2cc[c]cc2)[C@@H]1c1ccc(Cl)cc1Cl. The number of rotatable bonds is 8. The number of hydroxylamine groups is 1. The van der Waals surface area contributed by atoms with Crippen molar-refractivity contribution in [3.05, 3.63) is 105 Å². The predicted octanol–water partition coefficient (Wildman–Crippen LogP) is 5.18. The minimum Gasteiger partial charge on any atom is -0.326 e. The summed E-state index contributed by atoms with van der Waals surface area (Å²) in [5.41, 5.74) is 4.87. The highest BCUT2D eigenvalue weighted by Gasteiger charge is 2.49. The van der Waals surface area contributed by atoms with E-state index in [1.54, 1.807) is 59.5 Å². The highest BCUT2D eigenvalue weighted by molar-refractivity contribution is 7.88. The largest absolute Gasteiger partial charge is 0.326 e. The molecule has 3 aromatic carbocycles. The molecule has 1 saturated carbocycles. The van der Waals surface area contributed by atoms with Crippen molar-refractivity contribution in [1.82, 2.24) is 15.1 Å². The zero-order valence-electron chi connectivity index (χ0n) is 22.3. The van der Waals surface area contributed by atoms with Gasteiger partial charge in [0.25, 0.3) is 11.8 Å². The van der Waals surface area contributed by atoms with Gasteiger partial charge < -0.3 is 4.90 Å². The number of hydrogen-bond donors (Lipinski definition) is 2. The third-order valence-corrected chi connectivity index (χ3v) is 8.88. The van der Waals surface area contributed by atoms with Crippen LogP contribution in [0.2, 0.25) is 10.0 Å². The standard InChI is InChI=1S/C30H30Cl2N3O5S/c1-41(38,39)34-25-13-7-8-14-26(25)35-28(23-16-15-20(31)17-24(23)32)27(21-11-5-6-12-22(21)30(35)37)29(36)33-40-18-19-9-3-2-4-10-19/h3-6,9-12,15-17,25-28,34H,7-8,13-14,18H2,1H3,(H,33,36)/t25-,26-,27+,28-/m0/s1. The van der Waals surface area contributed by atoms with Gasteiger partial charge in [0.15, 0.2) is 0 Å². The second-order valence-electron chi connectivity index (χ2n) is 10.4. The van der Waals surface area contributed by atoms with Crippen molar-refractivity contribution in [2.45, 2.75) is 56.3 Å². The Bertz CT molecular complexity index is 1540. The zero-order valence-corrected chi connectivity index (χ0v) is 24.7. The third kappa shape index (κ3) is 6.60. The van der Waals surface area contributed by atoms with Gasteiger partial charge in [0, 0.05) is 27.7 Å². The molecule has 5 rings (SSSR count). The number of nitrogens with zero attached hydrogens (tertiary/aromatic N) is 1. The fraction of sp³-hybridized carbons (Fsp3) is 0.333. The maximum Gasteiger partial charge on any atom is 0.255 e. The molecule has 2 amide bonds. The summed E-state index contributed by atoms with van der Waals surface area (Å²) in [5, 5.41) is 0.703. The fourth-order valence-electron chi connectivity index (χ4n) is 5.90. The Kier molecular flexibility index (Phi) is 9.01. The van der Waals surface area contributed by atoms with Gasteiger partial charge in [-0.2, -0.15) is 0 Å². The number of hydrogen-bond acceptors (Lipinski definition) is 5. The lowest BCUT2D eigenvalue weighted by molar-refractivity contribution is -0.138. The summed E-state index contributed by atoms with van der Waals surface area (Å²) >= 11 is 13.0. The van der Waals surface area contributed by atoms with E-state index in [9.17, 15) is 18.0 Å². The molecule has 1 radical (unpaired) electrons. The first-order chi connectivity index (χ1) is 19.6. The van der Waals surface area contributed by atoms with Crippen LogP contribution in [-0.2, 0) is 26.3 Å². The molecule has 0 saturated heterocycles. The maximum atomic E-state index is 14.3. The maximum absolute atomic E-state index is 14.3. The molecule has 0 unspecified atom stereocenters. The first-order valence-corrected chi connectivity index (χ1v) is 16.0. The lowest BCUT2D eigenvalue weighted by Crippen LogP contribution is -2.59. The van der Waals surface area contributed by atoms with Gasteiger partial charge in [0.1, 0.15) is 0 Å². The third-order valence-electron chi connectivity index (χ3n) is 7.59. The van der Waals surface area contributed by atoms with E-state index >= 15 is 0 Å². The molecule has 8 nitrogen and oxygen atoms in total. The molecule has 2 N–H and O–H groups in total. The second-order valence-corrected chi connectivity index (χ2v) is 13.0. The van der Waals surface area contributed by atoms with E-state index in [-0.39, 0.29) is 12.5 Å². The fourth-order valence-corrected chi connectivity index (χ4v) is 7.24. The normalized spacial score (nSPS) is 22.7. The molecule has 4 atom stereocenters. The molecule has 0 bridgehead atoms. The van der Waals surface area contributed by atoms with E-state index in [0.717, 1.165) is 24.7 Å². The van der Waals surface area contributed by atoms with Crippen molar-refractivity contribution in [2.75, 3.05) is 6.26 Å². The van der Waals surface area contributed by atoms with Gasteiger partial charge in [0.05, 0.1) is 24.8 Å². The molecule has 0 aromatic heterocycles. The van der Waals surface area contributed by atoms with Crippen LogP contribution in [0.25, 0.3) is 0 Å². The van der Waals surface area contributed by atoms with Gasteiger partial charge >= 0.3 is 0 Å². The summed E-state index contributed by atoms with van der Waals surface area (Å²) in [6.45, 7) is 0.132. The molecule has 3 aromatic rings. The van der Waals surface area contributed by atoms with Gasteiger partial charge in [-0.15, -0.1) is 0 Å². The number of sulfonamides is 1. The van der Waals surface area contributed by atoms with Gasteiger partial charge in [-0.25, -0.2) is 18.6 Å². The van der Waals surface area contributed by atoms with Crippen molar-refractivity contribution < 1.29 is 22.8 Å². The number of halogens is 2. The number of carbonyl (C=O) groups excluding carboxylic acids is 2. The Morgan fingerprint density at radius 1 is 1.05 bits per heavy atom. The molecule has 1 aliphatic carbocycles. The van der Waals surface area contributed by atoms with E-state index in [1.807, 2.05) is 12.1 Å². The quantitative estimate of drug-likeness (QED) is 0.340. The summed E-state index contributed by atoms with van der Waals surface area (Å²) < 4.78 is 27.4. The smallest absolute Gasteiger partial charge is 0.255 e. The molecule has 1 fully saturated rings. The van der Waals surface area contributed by atoms with Crippen LogP contribution in [0.3, 0.4) is 0 Å². The molecule has 1 aliphatic heterocycles. The van der Waals surface area contributed by atoms with Crippen LogP contribution in [0, 0.1) is 6.07 Å². The Balaban J connectivity index is 1.60. The van der Waals surface area contributed by atoms with E-state index in [0.29, 0.717) is 39.6 Å². The van der Waals surface area contributed by atoms with Crippen LogP contribution in [0.4, 0.5) is 0 Å².